The van der Waals surface area contributed by atoms with E-state index in [-0.39, 0.29) is 5.91 Å². The number of ether oxygens (including phenoxy) is 2. The average Bonchev–Trinajstić information content (AvgIpc) is 2.87. The zero-order valence-electron chi connectivity index (χ0n) is 11.4. The number of amides is 1. The molecule has 108 valence electrons. The summed E-state index contributed by atoms with van der Waals surface area (Å²) in [6.45, 7) is 6.53. The summed E-state index contributed by atoms with van der Waals surface area (Å²) in [7, 11) is 0. The number of fused-ring (bicyclic) bond motifs is 1. The highest BCUT2D eigenvalue weighted by Gasteiger charge is 2.23. The second-order valence-corrected chi connectivity index (χ2v) is 6.08. The van der Waals surface area contributed by atoms with E-state index in [4.69, 9.17) is 9.47 Å². The Morgan fingerprint density at radius 1 is 1.30 bits per heavy atom. The molecule has 0 radical (unpaired) electrons. The van der Waals surface area contributed by atoms with E-state index < -0.39 is 0 Å². The first-order chi connectivity index (χ1) is 9.63. The molecular formula is C14H18BrN2O3+. The molecule has 2 aliphatic rings. The topological polar surface area (TPSA) is 43.2 Å². The van der Waals surface area contributed by atoms with Gasteiger partial charge in [-0.05, 0) is 12.1 Å². The first-order valence-electron chi connectivity index (χ1n) is 6.80. The van der Waals surface area contributed by atoms with Crippen molar-refractivity contribution in [3.8, 4) is 11.5 Å². The third-order valence-electron chi connectivity index (χ3n) is 3.90. The molecule has 1 aromatic carbocycles. The van der Waals surface area contributed by atoms with Crippen LogP contribution in [-0.4, -0.2) is 43.8 Å². The van der Waals surface area contributed by atoms with Crippen LogP contribution in [0.4, 0.5) is 0 Å². The predicted octanol–water partition coefficient (Wildman–Crippen LogP) is 0.425. The number of quaternary nitrogens is 1. The summed E-state index contributed by atoms with van der Waals surface area (Å²) in [6.07, 6.45) is 0. The molecule has 0 unspecified atom stereocenters. The summed E-state index contributed by atoms with van der Waals surface area (Å²) in [5.41, 5.74) is 1.22. The Balaban J connectivity index is 1.66. The molecule has 0 saturated carbocycles. The van der Waals surface area contributed by atoms with Gasteiger partial charge < -0.3 is 19.3 Å². The third-order valence-corrected chi connectivity index (χ3v) is 4.64. The lowest BCUT2D eigenvalue weighted by Crippen LogP contribution is -3.13. The van der Waals surface area contributed by atoms with Gasteiger partial charge in [0, 0.05) is 17.0 Å². The zero-order chi connectivity index (χ0) is 14.1. The van der Waals surface area contributed by atoms with Crippen molar-refractivity contribution in [3.63, 3.8) is 0 Å². The molecule has 20 heavy (non-hydrogen) atoms. The lowest BCUT2D eigenvalue weighted by molar-refractivity contribution is -0.917. The Morgan fingerprint density at radius 2 is 1.95 bits per heavy atom. The summed E-state index contributed by atoms with van der Waals surface area (Å²) in [5, 5.41) is 0. The summed E-state index contributed by atoms with van der Waals surface area (Å²) >= 11 is 3.60. The molecule has 1 N–H and O–H groups in total. The van der Waals surface area contributed by atoms with Crippen LogP contribution in [0.25, 0.3) is 0 Å². The highest BCUT2D eigenvalue weighted by atomic mass is 79.9. The Morgan fingerprint density at radius 3 is 2.60 bits per heavy atom. The molecular weight excluding hydrogens is 324 g/mol. The highest BCUT2D eigenvalue weighted by molar-refractivity contribution is 9.10. The van der Waals surface area contributed by atoms with E-state index in [0.29, 0.717) is 6.79 Å². The number of nitrogens with one attached hydrogen (secondary N) is 1. The van der Waals surface area contributed by atoms with E-state index in [9.17, 15) is 4.79 Å². The molecule has 0 aromatic heterocycles. The molecule has 2 aliphatic heterocycles. The van der Waals surface area contributed by atoms with Gasteiger partial charge in [0.25, 0.3) is 0 Å². The molecule has 2 heterocycles. The number of carbonyl (C=O) groups excluding carboxylic acids is 1. The number of nitrogens with zero attached hydrogens (tertiary/aromatic N) is 1. The van der Waals surface area contributed by atoms with Crippen LogP contribution >= 0.6 is 15.9 Å². The van der Waals surface area contributed by atoms with Gasteiger partial charge in [0.1, 0.15) is 6.54 Å². The fourth-order valence-electron chi connectivity index (χ4n) is 2.68. The monoisotopic (exact) mass is 341 g/mol. The van der Waals surface area contributed by atoms with Gasteiger partial charge in [0.05, 0.1) is 26.2 Å². The molecule has 1 fully saturated rings. The van der Waals surface area contributed by atoms with Gasteiger partial charge in [0.2, 0.25) is 12.7 Å². The lowest BCUT2D eigenvalue weighted by Gasteiger charge is -2.31. The summed E-state index contributed by atoms with van der Waals surface area (Å²) < 4.78 is 11.8. The SMILES string of the molecule is CC(=O)N1CC[NH+](Cc2cc3c(cc2Br)OCO3)CC1. The highest BCUT2D eigenvalue weighted by Crippen LogP contribution is 2.36. The largest absolute Gasteiger partial charge is 0.454 e. The minimum Gasteiger partial charge on any atom is -0.454 e. The van der Waals surface area contributed by atoms with Crippen LogP contribution in [0.2, 0.25) is 0 Å². The number of piperazine rings is 1. The zero-order valence-corrected chi connectivity index (χ0v) is 13.0. The van der Waals surface area contributed by atoms with Crippen molar-refractivity contribution in [3.05, 3.63) is 22.2 Å². The average molecular weight is 342 g/mol. The Hall–Kier alpha value is -1.27. The van der Waals surface area contributed by atoms with Crippen LogP contribution in [0.1, 0.15) is 12.5 Å². The second kappa shape index (κ2) is 5.61. The van der Waals surface area contributed by atoms with Crippen LogP contribution in [0.5, 0.6) is 11.5 Å². The van der Waals surface area contributed by atoms with E-state index in [0.717, 1.165) is 48.7 Å². The maximum absolute atomic E-state index is 11.3. The quantitative estimate of drug-likeness (QED) is 0.848. The molecule has 5 nitrogen and oxygen atoms in total. The van der Waals surface area contributed by atoms with Gasteiger partial charge in [-0.25, -0.2) is 0 Å². The van der Waals surface area contributed by atoms with Crippen molar-refractivity contribution in [2.45, 2.75) is 13.5 Å². The fourth-order valence-corrected chi connectivity index (χ4v) is 3.14. The van der Waals surface area contributed by atoms with Crippen LogP contribution < -0.4 is 14.4 Å². The molecule has 1 saturated heterocycles. The van der Waals surface area contributed by atoms with E-state index in [1.165, 1.54) is 10.5 Å². The smallest absolute Gasteiger partial charge is 0.231 e. The van der Waals surface area contributed by atoms with Crippen LogP contribution in [0, 0.1) is 0 Å². The number of benzene rings is 1. The van der Waals surface area contributed by atoms with Gasteiger partial charge in [-0.1, -0.05) is 15.9 Å². The predicted molar refractivity (Wildman–Crippen MR) is 76.9 cm³/mol. The first-order valence-corrected chi connectivity index (χ1v) is 7.60. The van der Waals surface area contributed by atoms with E-state index in [1.807, 2.05) is 11.0 Å². The van der Waals surface area contributed by atoms with Crippen molar-refractivity contribution in [1.29, 1.82) is 0 Å². The Kier molecular flexibility index (Phi) is 3.85. The molecule has 0 spiro atoms. The second-order valence-electron chi connectivity index (χ2n) is 5.23. The van der Waals surface area contributed by atoms with Crippen molar-refractivity contribution in [2.24, 2.45) is 0 Å². The third kappa shape index (κ3) is 2.76. The fraction of sp³-hybridized carbons (Fsp3) is 0.500. The molecule has 6 heteroatoms. The van der Waals surface area contributed by atoms with Gasteiger partial charge in [-0.2, -0.15) is 0 Å². The molecule has 1 amide bonds. The number of hydrogen-bond acceptors (Lipinski definition) is 3. The summed E-state index contributed by atoms with van der Waals surface area (Å²) in [5.74, 6) is 1.80. The van der Waals surface area contributed by atoms with E-state index in [1.54, 1.807) is 6.92 Å². The molecule has 0 atom stereocenters. The van der Waals surface area contributed by atoms with Crippen LogP contribution in [0.15, 0.2) is 16.6 Å². The summed E-state index contributed by atoms with van der Waals surface area (Å²) in [6, 6.07) is 4.03. The van der Waals surface area contributed by atoms with Gasteiger partial charge in [-0.15, -0.1) is 0 Å². The standard InChI is InChI=1S/C14H17BrN2O3/c1-10(18)17-4-2-16(3-5-17)8-11-6-13-14(7-12(11)15)20-9-19-13/h6-7H,2-5,8-9H2,1H3/p+1. The Labute approximate surface area is 126 Å². The minimum absolute atomic E-state index is 0.174. The number of halogens is 1. The van der Waals surface area contributed by atoms with Crippen LogP contribution in [0.3, 0.4) is 0 Å². The molecule has 3 rings (SSSR count). The van der Waals surface area contributed by atoms with E-state index >= 15 is 0 Å². The summed E-state index contributed by atoms with van der Waals surface area (Å²) in [4.78, 5) is 14.7. The molecule has 1 aromatic rings. The van der Waals surface area contributed by atoms with E-state index in [2.05, 4.69) is 22.0 Å². The van der Waals surface area contributed by atoms with Crippen LogP contribution in [-0.2, 0) is 11.3 Å². The van der Waals surface area contributed by atoms with Crippen molar-refractivity contribution >= 4 is 21.8 Å². The van der Waals surface area contributed by atoms with Gasteiger partial charge in [0.15, 0.2) is 11.5 Å². The molecule has 0 bridgehead atoms. The normalized spacial score (nSPS) is 18.4. The number of hydrogen-bond donors (Lipinski definition) is 1. The van der Waals surface area contributed by atoms with Gasteiger partial charge in [-0.3, -0.25) is 4.79 Å². The number of rotatable bonds is 2. The Bertz CT molecular complexity index is 527. The van der Waals surface area contributed by atoms with Crippen molar-refractivity contribution < 1.29 is 19.2 Å². The first kappa shape index (κ1) is 13.7. The maximum atomic E-state index is 11.3. The maximum Gasteiger partial charge on any atom is 0.231 e. The van der Waals surface area contributed by atoms with Crippen molar-refractivity contribution in [2.75, 3.05) is 33.0 Å². The lowest BCUT2D eigenvalue weighted by atomic mass is 10.1. The van der Waals surface area contributed by atoms with Crippen molar-refractivity contribution in [1.82, 2.24) is 4.90 Å². The van der Waals surface area contributed by atoms with Gasteiger partial charge >= 0.3 is 0 Å². The number of carbonyl (C=O) groups is 1. The molecule has 0 aliphatic carbocycles. The minimum atomic E-state index is 0.174.